The first kappa shape index (κ1) is 11.7. The smallest absolute Gasteiger partial charge is 0.252 e. The number of amides is 1. The van der Waals surface area contributed by atoms with Crippen molar-refractivity contribution in [2.75, 3.05) is 6.54 Å². The summed E-state index contributed by atoms with van der Waals surface area (Å²) in [5.74, 6) is -0.0735. The Labute approximate surface area is 105 Å². The first-order valence-corrected chi connectivity index (χ1v) is 5.84. The number of halogens is 2. The van der Waals surface area contributed by atoms with Crippen LogP contribution in [0.1, 0.15) is 10.4 Å². The molecule has 1 aromatic carbocycles. The minimum absolute atomic E-state index is 0.0735. The zero-order valence-corrected chi connectivity index (χ0v) is 11.1. The van der Waals surface area contributed by atoms with E-state index in [-0.39, 0.29) is 5.91 Å². The first-order chi connectivity index (χ1) is 6.61. The van der Waals surface area contributed by atoms with Gasteiger partial charge in [0.15, 0.2) is 0 Å². The average molecular weight is 366 g/mol. The van der Waals surface area contributed by atoms with Gasteiger partial charge in [0.2, 0.25) is 0 Å². The molecule has 0 bridgehead atoms. The molecule has 0 unspecified atom stereocenters. The van der Waals surface area contributed by atoms with Crippen LogP contribution in [0.4, 0.5) is 0 Å². The Hall–Kier alpha value is -0.360. The minimum Gasteiger partial charge on any atom is -0.347 e. The fourth-order valence-electron chi connectivity index (χ4n) is 0.917. The van der Waals surface area contributed by atoms with Gasteiger partial charge in [-0.15, -0.1) is 0 Å². The van der Waals surface area contributed by atoms with Crippen LogP contribution < -0.4 is 5.32 Å². The van der Waals surface area contributed by atoms with Gasteiger partial charge in [-0.25, -0.2) is 0 Å². The third-order valence-electron chi connectivity index (χ3n) is 1.56. The van der Waals surface area contributed by atoms with E-state index in [1.165, 1.54) is 0 Å². The second-order valence-corrected chi connectivity index (χ2v) is 4.96. The van der Waals surface area contributed by atoms with E-state index in [4.69, 9.17) is 0 Å². The van der Waals surface area contributed by atoms with E-state index in [1.54, 1.807) is 6.07 Å². The van der Waals surface area contributed by atoms with Crippen molar-refractivity contribution >= 4 is 44.4 Å². The molecule has 1 amide bonds. The Morgan fingerprint density at radius 2 is 2.14 bits per heavy atom. The number of benzene rings is 1. The van der Waals surface area contributed by atoms with Gasteiger partial charge in [-0.2, -0.15) is 0 Å². The van der Waals surface area contributed by atoms with Crippen molar-refractivity contribution in [2.45, 2.75) is 0 Å². The molecule has 1 N–H and O–H groups in total. The van der Waals surface area contributed by atoms with Crippen molar-refractivity contribution in [3.63, 3.8) is 0 Å². The molecule has 0 aromatic heterocycles. The number of hydrogen-bond acceptors (Lipinski definition) is 1. The second-order valence-electron chi connectivity index (χ2n) is 2.68. The molecule has 74 valence electrons. The molecule has 1 rings (SSSR count). The van der Waals surface area contributed by atoms with Crippen molar-refractivity contribution in [3.05, 3.63) is 44.5 Å². The van der Waals surface area contributed by atoms with Crippen LogP contribution in [0.25, 0.3) is 0 Å². The predicted molar refractivity (Wildman–Crippen MR) is 69.6 cm³/mol. The Morgan fingerprint density at radius 3 is 2.71 bits per heavy atom. The molecule has 0 aliphatic rings. The van der Waals surface area contributed by atoms with E-state index in [2.05, 4.69) is 50.4 Å². The molecule has 0 atom stereocenters. The molecule has 1 aromatic rings. The van der Waals surface area contributed by atoms with E-state index < -0.39 is 0 Å². The highest BCUT2D eigenvalue weighted by Crippen LogP contribution is 2.11. The fraction of sp³-hybridized carbons (Fsp3) is 0.100. The summed E-state index contributed by atoms with van der Waals surface area (Å²) < 4.78 is 1.71. The maximum Gasteiger partial charge on any atom is 0.252 e. The number of nitrogens with one attached hydrogen (secondary N) is 1. The van der Waals surface area contributed by atoms with Crippen molar-refractivity contribution in [1.29, 1.82) is 0 Å². The zero-order chi connectivity index (χ0) is 10.6. The van der Waals surface area contributed by atoms with E-state index >= 15 is 0 Å². The number of hydrogen-bond donors (Lipinski definition) is 1. The van der Waals surface area contributed by atoms with Gasteiger partial charge in [0.25, 0.3) is 5.91 Å². The Morgan fingerprint density at radius 1 is 1.50 bits per heavy atom. The Bertz CT molecular complexity index is 365. The summed E-state index contributed by atoms with van der Waals surface area (Å²) in [4.78, 5) is 11.6. The fourth-order valence-corrected chi connectivity index (χ4v) is 1.69. The maximum absolute atomic E-state index is 11.6. The molecular formula is C10H9BrINO. The summed E-state index contributed by atoms with van der Waals surface area (Å²) in [7, 11) is 0. The average Bonchev–Trinajstić information content (AvgIpc) is 2.15. The third kappa shape index (κ3) is 3.42. The van der Waals surface area contributed by atoms with Gasteiger partial charge in [0.1, 0.15) is 0 Å². The highest BCUT2D eigenvalue weighted by Gasteiger charge is 2.07. The summed E-state index contributed by atoms with van der Waals surface area (Å²) in [6.07, 6.45) is 0. The lowest BCUT2D eigenvalue weighted by Gasteiger charge is -2.05. The van der Waals surface area contributed by atoms with Gasteiger partial charge in [0.05, 0.1) is 5.56 Å². The quantitative estimate of drug-likeness (QED) is 0.820. The Balaban J connectivity index is 2.70. The van der Waals surface area contributed by atoms with Crippen LogP contribution in [-0.2, 0) is 0 Å². The molecule has 0 heterocycles. The Kier molecular flexibility index (Phi) is 4.60. The molecule has 0 radical (unpaired) electrons. The van der Waals surface area contributed by atoms with E-state index in [0.717, 1.165) is 8.05 Å². The van der Waals surface area contributed by atoms with Crippen molar-refractivity contribution in [1.82, 2.24) is 5.32 Å². The normalized spacial score (nSPS) is 9.57. The third-order valence-corrected chi connectivity index (χ3v) is 2.78. The van der Waals surface area contributed by atoms with Gasteiger partial charge in [-0.3, -0.25) is 4.79 Å². The zero-order valence-electron chi connectivity index (χ0n) is 7.39. The minimum atomic E-state index is -0.0735. The SMILES string of the molecule is C=C(Br)CNC(=O)c1ccccc1I. The predicted octanol–water partition coefficient (Wildman–Crippen LogP) is 2.93. The highest BCUT2D eigenvalue weighted by atomic mass is 127. The molecule has 14 heavy (non-hydrogen) atoms. The lowest BCUT2D eigenvalue weighted by atomic mass is 10.2. The van der Waals surface area contributed by atoms with Gasteiger partial charge < -0.3 is 5.32 Å². The van der Waals surface area contributed by atoms with Gasteiger partial charge >= 0.3 is 0 Å². The van der Waals surface area contributed by atoms with Crippen LogP contribution in [0.15, 0.2) is 35.3 Å². The summed E-state index contributed by atoms with van der Waals surface area (Å²) in [5.41, 5.74) is 0.696. The molecule has 4 heteroatoms. The summed E-state index contributed by atoms with van der Waals surface area (Å²) in [6.45, 7) is 4.09. The summed E-state index contributed by atoms with van der Waals surface area (Å²) >= 11 is 5.32. The van der Waals surface area contributed by atoms with Gasteiger partial charge in [0, 0.05) is 14.6 Å². The van der Waals surface area contributed by atoms with Gasteiger partial charge in [-0.1, -0.05) is 34.6 Å². The van der Waals surface area contributed by atoms with Crippen molar-refractivity contribution in [2.24, 2.45) is 0 Å². The molecule has 0 spiro atoms. The molecule has 0 fully saturated rings. The van der Waals surface area contributed by atoms with E-state index in [1.807, 2.05) is 18.2 Å². The topological polar surface area (TPSA) is 29.1 Å². The van der Waals surface area contributed by atoms with Crippen LogP contribution in [0.5, 0.6) is 0 Å². The van der Waals surface area contributed by atoms with Crippen LogP contribution >= 0.6 is 38.5 Å². The van der Waals surface area contributed by atoms with E-state index in [0.29, 0.717) is 12.1 Å². The number of rotatable bonds is 3. The molecule has 0 aliphatic carbocycles. The number of carbonyl (C=O) groups excluding carboxylic acids is 1. The largest absolute Gasteiger partial charge is 0.347 e. The lowest BCUT2D eigenvalue weighted by molar-refractivity contribution is 0.0957. The maximum atomic E-state index is 11.6. The highest BCUT2D eigenvalue weighted by molar-refractivity contribution is 14.1. The molecule has 0 aliphatic heterocycles. The molecule has 0 saturated heterocycles. The number of carbonyl (C=O) groups is 1. The standard InChI is InChI=1S/C10H9BrINO/c1-7(11)6-13-10(14)8-4-2-3-5-9(8)12/h2-5H,1,6H2,(H,13,14). The first-order valence-electron chi connectivity index (χ1n) is 3.97. The van der Waals surface area contributed by atoms with Crippen LogP contribution in [0.2, 0.25) is 0 Å². The molecular weight excluding hydrogens is 357 g/mol. The van der Waals surface area contributed by atoms with Crippen LogP contribution in [0.3, 0.4) is 0 Å². The van der Waals surface area contributed by atoms with Crippen molar-refractivity contribution < 1.29 is 4.79 Å². The summed E-state index contributed by atoms with van der Waals surface area (Å²) in [6, 6.07) is 7.45. The monoisotopic (exact) mass is 365 g/mol. The van der Waals surface area contributed by atoms with Crippen LogP contribution in [-0.4, -0.2) is 12.5 Å². The molecule has 2 nitrogen and oxygen atoms in total. The second kappa shape index (κ2) is 5.50. The van der Waals surface area contributed by atoms with E-state index in [9.17, 15) is 4.79 Å². The van der Waals surface area contributed by atoms with Crippen LogP contribution in [0, 0.1) is 3.57 Å². The lowest BCUT2D eigenvalue weighted by Crippen LogP contribution is -2.25. The van der Waals surface area contributed by atoms with Crippen molar-refractivity contribution in [3.8, 4) is 0 Å². The van der Waals surface area contributed by atoms with Gasteiger partial charge in [-0.05, 0) is 34.7 Å². The summed E-state index contributed by atoms with van der Waals surface area (Å²) in [5, 5.41) is 2.75. The molecule has 0 saturated carbocycles.